The number of methoxy groups -OCH3 is 1. The molecule has 2 aromatic heterocycles. The smallest absolute Gasteiger partial charge is 0.216 e. The van der Waals surface area contributed by atoms with Crippen LogP contribution >= 0.6 is 11.3 Å². The van der Waals surface area contributed by atoms with Gasteiger partial charge >= 0.3 is 0 Å². The summed E-state index contributed by atoms with van der Waals surface area (Å²) < 4.78 is 18.4. The van der Waals surface area contributed by atoms with Crippen LogP contribution in [0.3, 0.4) is 0 Å². The number of hydrogen-bond donors (Lipinski definition) is 0. The quantitative estimate of drug-likeness (QED) is 0.776. The molecule has 0 spiro atoms. The third-order valence-electron chi connectivity index (χ3n) is 2.50. The number of pyridine rings is 1. The minimum Gasteiger partial charge on any atom is -0.384 e. The Labute approximate surface area is 104 Å². The first-order chi connectivity index (χ1) is 8.20. The van der Waals surface area contributed by atoms with Crippen molar-refractivity contribution in [3.8, 4) is 10.4 Å². The average Bonchev–Trinajstić information content (AvgIpc) is 2.75. The summed E-state index contributed by atoms with van der Waals surface area (Å²) in [6, 6.07) is 3.94. The molecule has 2 rings (SSSR count). The van der Waals surface area contributed by atoms with E-state index in [1.807, 2.05) is 13.0 Å². The molecule has 2 heterocycles. The molecular formula is C13H14FNOS. The van der Waals surface area contributed by atoms with Gasteiger partial charge in [-0.05, 0) is 30.0 Å². The Kier molecular flexibility index (Phi) is 3.86. The molecule has 17 heavy (non-hydrogen) atoms. The summed E-state index contributed by atoms with van der Waals surface area (Å²) in [5.74, 6) is -0.404. The van der Waals surface area contributed by atoms with Crippen LogP contribution in [0, 0.1) is 12.9 Å². The van der Waals surface area contributed by atoms with E-state index in [1.54, 1.807) is 24.6 Å². The highest BCUT2D eigenvalue weighted by Crippen LogP contribution is 2.27. The van der Waals surface area contributed by atoms with Gasteiger partial charge < -0.3 is 4.74 Å². The number of nitrogens with zero attached hydrogens (tertiary/aromatic N) is 1. The van der Waals surface area contributed by atoms with E-state index in [4.69, 9.17) is 4.74 Å². The molecule has 0 saturated heterocycles. The third kappa shape index (κ3) is 2.90. The molecule has 0 aliphatic heterocycles. The number of aromatic nitrogens is 1. The third-order valence-corrected chi connectivity index (χ3v) is 3.60. The molecule has 0 atom stereocenters. The fourth-order valence-corrected chi connectivity index (χ4v) is 2.48. The minimum absolute atomic E-state index is 0.404. The van der Waals surface area contributed by atoms with E-state index in [1.165, 1.54) is 5.56 Å². The second-order valence-corrected chi connectivity index (χ2v) is 4.82. The number of hydrogen-bond acceptors (Lipinski definition) is 3. The van der Waals surface area contributed by atoms with Gasteiger partial charge in [0, 0.05) is 35.7 Å². The van der Waals surface area contributed by atoms with E-state index < -0.39 is 5.95 Å². The molecule has 0 aromatic carbocycles. The van der Waals surface area contributed by atoms with Gasteiger partial charge in [0.25, 0.3) is 0 Å². The van der Waals surface area contributed by atoms with Crippen LogP contribution < -0.4 is 0 Å². The van der Waals surface area contributed by atoms with E-state index in [-0.39, 0.29) is 0 Å². The minimum atomic E-state index is -0.404. The van der Waals surface area contributed by atoms with Crippen molar-refractivity contribution in [2.24, 2.45) is 0 Å². The van der Waals surface area contributed by atoms with Gasteiger partial charge in [-0.25, -0.2) is 4.98 Å². The van der Waals surface area contributed by atoms with Crippen LogP contribution in [0.5, 0.6) is 0 Å². The summed E-state index contributed by atoms with van der Waals surface area (Å²) in [6.07, 6.45) is 2.13. The molecule has 0 bridgehead atoms. The Morgan fingerprint density at radius 2 is 2.24 bits per heavy atom. The van der Waals surface area contributed by atoms with Gasteiger partial charge in [0.15, 0.2) is 0 Å². The Balaban J connectivity index is 2.30. The number of ether oxygens (including phenoxy) is 1. The van der Waals surface area contributed by atoms with Crippen molar-refractivity contribution < 1.29 is 9.13 Å². The largest absolute Gasteiger partial charge is 0.384 e. The Bertz CT molecular complexity index is 510. The Morgan fingerprint density at radius 1 is 1.41 bits per heavy atom. The van der Waals surface area contributed by atoms with Crippen molar-refractivity contribution in [2.75, 3.05) is 13.7 Å². The highest BCUT2D eigenvalue weighted by atomic mass is 32.1. The fraction of sp³-hybridized carbons (Fsp3) is 0.308. The lowest BCUT2D eigenvalue weighted by molar-refractivity contribution is 0.201. The maximum atomic E-state index is 13.5. The predicted octanol–water partition coefficient (Wildman–Crippen LogP) is 3.45. The van der Waals surface area contributed by atoms with Crippen molar-refractivity contribution in [1.82, 2.24) is 4.98 Å². The van der Waals surface area contributed by atoms with Crippen LogP contribution in [0.25, 0.3) is 10.4 Å². The molecule has 4 heteroatoms. The number of rotatable bonds is 4. The van der Waals surface area contributed by atoms with Gasteiger partial charge in [-0.1, -0.05) is 0 Å². The first kappa shape index (κ1) is 12.2. The number of thiophene rings is 1. The van der Waals surface area contributed by atoms with Gasteiger partial charge in [0.1, 0.15) is 0 Å². The SMILES string of the molecule is COCCc1cc(-c2cc(C)cs2)cnc1F. The summed E-state index contributed by atoms with van der Waals surface area (Å²) in [4.78, 5) is 4.92. The standard InChI is InChI=1S/C13H14FNOS/c1-9-5-12(17-8-9)11-6-10(3-4-16-2)13(14)15-7-11/h5-8H,3-4H2,1-2H3. The zero-order valence-corrected chi connectivity index (χ0v) is 10.7. The molecule has 90 valence electrons. The zero-order valence-electron chi connectivity index (χ0n) is 9.87. The van der Waals surface area contributed by atoms with Crippen LogP contribution in [-0.4, -0.2) is 18.7 Å². The molecule has 2 aromatic rings. The summed E-state index contributed by atoms with van der Waals surface area (Å²) in [6.45, 7) is 2.55. The van der Waals surface area contributed by atoms with Gasteiger partial charge in [-0.15, -0.1) is 11.3 Å². The van der Waals surface area contributed by atoms with Crippen LogP contribution in [0.15, 0.2) is 23.7 Å². The lowest BCUT2D eigenvalue weighted by Crippen LogP contribution is -1.99. The molecule has 2 nitrogen and oxygen atoms in total. The zero-order chi connectivity index (χ0) is 12.3. The molecule has 0 unspecified atom stereocenters. The lowest BCUT2D eigenvalue weighted by atomic mass is 10.1. The molecule has 0 N–H and O–H groups in total. The lowest BCUT2D eigenvalue weighted by Gasteiger charge is -2.04. The van der Waals surface area contributed by atoms with Gasteiger partial charge in [0.2, 0.25) is 5.95 Å². The summed E-state index contributed by atoms with van der Waals surface area (Å²) in [5.41, 5.74) is 2.79. The Morgan fingerprint density at radius 3 is 2.88 bits per heavy atom. The van der Waals surface area contributed by atoms with Crippen molar-refractivity contribution in [1.29, 1.82) is 0 Å². The molecule has 0 fully saturated rings. The van der Waals surface area contributed by atoms with Crippen molar-refractivity contribution >= 4 is 11.3 Å². The first-order valence-electron chi connectivity index (χ1n) is 5.39. The van der Waals surface area contributed by atoms with Crippen LogP contribution in [0.1, 0.15) is 11.1 Å². The Hall–Kier alpha value is -1.26. The molecule has 0 radical (unpaired) electrons. The summed E-state index contributed by atoms with van der Waals surface area (Å²) in [5, 5.41) is 2.08. The van der Waals surface area contributed by atoms with Crippen molar-refractivity contribution in [3.05, 3.63) is 40.8 Å². The van der Waals surface area contributed by atoms with E-state index >= 15 is 0 Å². The van der Waals surface area contributed by atoms with E-state index in [0.717, 1.165) is 10.4 Å². The number of halogens is 1. The van der Waals surface area contributed by atoms with E-state index in [0.29, 0.717) is 18.6 Å². The highest BCUT2D eigenvalue weighted by Gasteiger charge is 2.07. The van der Waals surface area contributed by atoms with Crippen LogP contribution in [-0.2, 0) is 11.2 Å². The topological polar surface area (TPSA) is 22.1 Å². The summed E-state index contributed by atoms with van der Waals surface area (Å²) >= 11 is 1.65. The second kappa shape index (κ2) is 5.38. The fourth-order valence-electron chi connectivity index (χ4n) is 1.60. The average molecular weight is 251 g/mol. The maximum Gasteiger partial charge on any atom is 0.216 e. The molecule has 0 aliphatic rings. The normalized spacial score (nSPS) is 10.8. The molecule has 0 amide bonds. The second-order valence-electron chi connectivity index (χ2n) is 3.91. The summed E-state index contributed by atoms with van der Waals surface area (Å²) in [7, 11) is 1.61. The van der Waals surface area contributed by atoms with Gasteiger partial charge in [-0.3, -0.25) is 0 Å². The number of aryl methyl sites for hydroxylation is 1. The molecular weight excluding hydrogens is 237 g/mol. The first-order valence-corrected chi connectivity index (χ1v) is 6.27. The van der Waals surface area contributed by atoms with Crippen LogP contribution in [0.2, 0.25) is 0 Å². The monoisotopic (exact) mass is 251 g/mol. The van der Waals surface area contributed by atoms with E-state index in [9.17, 15) is 4.39 Å². The highest BCUT2D eigenvalue weighted by molar-refractivity contribution is 7.13. The van der Waals surface area contributed by atoms with Crippen molar-refractivity contribution in [2.45, 2.75) is 13.3 Å². The van der Waals surface area contributed by atoms with Crippen LogP contribution in [0.4, 0.5) is 4.39 Å². The van der Waals surface area contributed by atoms with Crippen molar-refractivity contribution in [3.63, 3.8) is 0 Å². The predicted molar refractivity (Wildman–Crippen MR) is 67.8 cm³/mol. The molecule has 0 aliphatic carbocycles. The van der Waals surface area contributed by atoms with Gasteiger partial charge in [-0.2, -0.15) is 4.39 Å². The van der Waals surface area contributed by atoms with E-state index in [2.05, 4.69) is 16.4 Å². The molecule has 0 saturated carbocycles. The van der Waals surface area contributed by atoms with Gasteiger partial charge in [0.05, 0.1) is 6.61 Å². The maximum absolute atomic E-state index is 13.5.